The highest BCUT2D eigenvalue weighted by atomic mass is 32.2. The molecule has 0 atom stereocenters. The predicted octanol–water partition coefficient (Wildman–Crippen LogP) is 1.62. The molecule has 1 aromatic heterocycles. The summed E-state index contributed by atoms with van der Waals surface area (Å²) in [6.07, 6.45) is 2.48. The van der Waals surface area contributed by atoms with Crippen molar-refractivity contribution in [2.75, 3.05) is 26.2 Å². The Balaban J connectivity index is 1.83. The minimum Gasteiger partial charge on any atom is -0.309 e. The summed E-state index contributed by atoms with van der Waals surface area (Å²) in [5.41, 5.74) is 0. The van der Waals surface area contributed by atoms with Gasteiger partial charge in [-0.3, -0.25) is 0 Å². The molecule has 2 rings (SSSR count). The molecule has 1 heterocycles. The number of nitrogens with one attached hydrogen (secondary N) is 2. The van der Waals surface area contributed by atoms with Gasteiger partial charge in [0, 0.05) is 35.9 Å². The zero-order valence-corrected chi connectivity index (χ0v) is 14.4. The molecule has 120 valence electrons. The van der Waals surface area contributed by atoms with Gasteiger partial charge in [-0.05, 0) is 32.0 Å². The van der Waals surface area contributed by atoms with E-state index in [1.807, 2.05) is 0 Å². The third-order valence-corrected chi connectivity index (χ3v) is 6.22. The molecule has 1 saturated carbocycles. The maximum absolute atomic E-state index is 12.2. The van der Waals surface area contributed by atoms with E-state index in [1.165, 1.54) is 24.2 Å². The number of rotatable bonds is 10. The number of likely N-dealkylation sites (N-methyl/N-ethyl adjacent to an activating group) is 1. The quantitative estimate of drug-likeness (QED) is 0.684. The maximum Gasteiger partial charge on any atom is 0.241 e. The van der Waals surface area contributed by atoms with Gasteiger partial charge in [0.2, 0.25) is 10.0 Å². The molecule has 0 aromatic carbocycles. The van der Waals surface area contributed by atoms with Gasteiger partial charge in [0.05, 0.1) is 4.90 Å². The summed E-state index contributed by atoms with van der Waals surface area (Å²) in [7, 11) is -3.37. The van der Waals surface area contributed by atoms with Gasteiger partial charge in [0.1, 0.15) is 0 Å². The minimum absolute atomic E-state index is 0.389. The lowest BCUT2D eigenvalue weighted by molar-refractivity contribution is 0.309. The standard InChI is InChI=1S/C14H25N3O2S2/c1-3-17(4-2)8-7-16-21(18,19)14-9-13(20-11-14)10-15-12-5-6-12/h9,11-12,15-16H,3-8,10H2,1-2H3. The normalized spacial score (nSPS) is 15.8. The molecular weight excluding hydrogens is 306 g/mol. The highest BCUT2D eigenvalue weighted by molar-refractivity contribution is 7.89. The Morgan fingerprint density at radius 1 is 1.33 bits per heavy atom. The van der Waals surface area contributed by atoms with E-state index in [1.54, 1.807) is 11.4 Å². The monoisotopic (exact) mass is 331 g/mol. The van der Waals surface area contributed by atoms with Crippen molar-refractivity contribution in [3.8, 4) is 0 Å². The van der Waals surface area contributed by atoms with Crippen LogP contribution in [0.1, 0.15) is 31.6 Å². The fourth-order valence-corrected chi connectivity index (χ4v) is 4.33. The molecule has 1 aromatic rings. The SMILES string of the molecule is CCN(CC)CCNS(=O)(=O)c1csc(CNC2CC2)c1. The molecular formula is C14H25N3O2S2. The van der Waals surface area contributed by atoms with E-state index in [-0.39, 0.29) is 0 Å². The van der Waals surface area contributed by atoms with Gasteiger partial charge in [0.25, 0.3) is 0 Å². The van der Waals surface area contributed by atoms with Crippen molar-refractivity contribution in [3.05, 3.63) is 16.3 Å². The lowest BCUT2D eigenvalue weighted by Gasteiger charge is -2.17. The summed E-state index contributed by atoms with van der Waals surface area (Å²) in [5, 5.41) is 5.13. The number of hydrogen-bond donors (Lipinski definition) is 2. The minimum atomic E-state index is -3.37. The van der Waals surface area contributed by atoms with Crippen molar-refractivity contribution in [1.82, 2.24) is 14.9 Å². The Kier molecular flexibility index (Phi) is 6.19. The van der Waals surface area contributed by atoms with Crippen LogP contribution in [0.5, 0.6) is 0 Å². The Hall–Kier alpha value is -0.470. The van der Waals surface area contributed by atoms with E-state index in [9.17, 15) is 8.42 Å². The van der Waals surface area contributed by atoms with E-state index >= 15 is 0 Å². The second-order valence-electron chi connectivity index (χ2n) is 5.33. The van der Waals surface area contributed by atoms with Crippen LogP contribution in [0.25, 0.3) is 0 Å². The van der Waals surface area contributed by atoms with Crippen LogP contribution >= 0.6 is 11.3 Å². The number of sulfonamides is 1. The van der Waals surface area contributed by atoms with E-state index < -0.39 is 10.0 Å². The molecule has 0 aliphatic heterocycles. The van der Waals surface area contributed by atoms with Crippen LogP contribution in [0, 0.1) is 0 Å². The smallest absolute Gasteiger partial charge is 0.241 e. The first-order valence-electron chi connectivity index (χ1n) is 7.58. The van der Waals surface area contributed by atoms with Gasteiger partial charge >= 0.3 is 0 Å². The van der Waals surface area contributed by atoms with E-state index in [2.05, 4.69) is 28.8 Å². The molecule has 0 radical (unpaired) electrons. The highest BCUT2D eigenvalue weighted by Crippen LogP contribution is 2.22. The summed E-state index contributed by atoms with van der Waals surface area (Å²) in [6, 6.07) is 2.42. The molecule has 5 nitrogen and oxygen atoms in total. The molecule has 0 spiro atoms. The van der Waals surface area contributed by atoms with Crippen molar-refractivity contribution in [3.63, 3.8) is 0 Å². The zero-order chi connectivity index (χ0) is 15.3. The van der Waals surface area contributed by atoms with Crippen molar-refractivity contribution in [2.24, 2.45) is 0 Å². The zero-order valence-electron chi connectivity index (χ0n) is 12.8. The first kappa shape index (κ1) is 16.9. The largest absolute Gasteiger partial charge is 0.309 e. The number of nitrogens with zero attached hydrogens (tertiary/aromatic N) is 1. The van der Waals surface area contributed by atoms with Crippen LogP contribution in [0.4, 0.5) is 0 Å². The van der Waals surface area contributed by atoms with Crippen LogP contribution in [0.15, 0.2) is 16.3 Å². The average Bonchev–Trinajstić information content (AvgIpc) is 3.17. The fraction of sp³-hybridized carbons (Fsp3) is 0.714. The lowest BCUT2D eigenvalue weighted by atomic mass is 10.4. The first-order valence-corrected chi connectivity index (χ1v) is 9.94. The van der Waals surface area contributed by atoms with Crippen molar-refractivity contribution >= 4 is 21.4 Å². The number of hydrogen-bond acceptors (Lipinski definition) is 5. The van der Waals surface area contributed by atoms with Crippen LogP contribution in [0.2, 0.25) is 0 Å². The molecule has 21 heavy (non-hydrogen) atoms. The van der Waals surface area contributed by atoms with Gasteiger partial charge in [0.15, 0.2) is 0 Å². The average molecular weight is 332 g/mol. The molecule has 0 saturated heterocycles. The highest BCUT2D eigenvalue weighted by Gasteiger charge is 2.21. The van der Waals surface area contributed by atoms with Crippen LogP contribution in [-0.4, -0.2) is 45.5 Å². The molecule has 0 amide bonds. The van der Waals surface area contributed by atoms with Gasteiger partial charge in [-0.2, -0.15) is 0 Å². The van der Waals surface area contributed by atoms with Crippen LogP contribution in [0.3, 0.4) is 0 Å². The second kappa shape index (κ2) is 7.69. The van der Waals surface area contributed by atoms with Crippen molar-refractivity contribution in [1.29, 1.82) is 0 Å². The van der Waals surface area contributed by atoms with E-state index in [0.29, 0.717) is 17.5 Å². The Morgan fingerprint density at radius 2 is 2.05 bits per heavy atom. The van der Waals surface area contributed by atoms with Crippen molar-refractivity contribution in [2.45, 2.75) is 44.2 Å². The summed E-state index contributed by atoms with van der Waals surface area (Å²) in [4.78, 5) is 3.66. The summed E-state index contributed by atoms with van der Waals surface area (Å²) >= 11 is 1.50. The first-order chi connectivity index (χ1) is 10.0. The van der Waals surface area contributed by atoms with Gasteiger partial charge < -0.3 is 10.2 Å². The molecule has 1 aliphatic rings. The summed E-state index contributed by atoms with van der Waals surface area (Å²) < 4.78 is 27.1. The molecule has 0 unspecified atom stereocenters. The molecule has 0 bridgehead atoms. The van der Waals surface area contributed by atoms with Gasteiger partial charge in [-0.15, -0.1) is 11.3 Å². The Bertz CT molecular complexity index is 534. The fourth-order valence-electron chi connectivity index (χ4n) is 2.09. The second-order valence-corrected chi connectivity index (χ2v) is 8.09. The lowest BCUT2D eigenvalue weighted by Crippen LogP contribution is -2.34. The van der Waals surface area contributed by atoms with Crippen molar-refractivity contribution < 1.29 is 8.42 Å². The van der Waals surface area contributed by atoms with E-state index in [0.717, 1.165) is 31.1 Å². The van der Waals surface area contributed by atoms with Crippen LogP contribution in [-0.2, 0) is 16.6 Å². The molecule has 7 heteroatoms. The molecule has 1 fully saturated rings. The number of thiophene rings is 1. The molecule has 1 aliphatic carbocycles. The van der Waals surface area contributed by atoms with Gasteiger partial charge in [-0.1, -0.05) is 13.8 Å². The van der Waals surface area contributed by atoms with E-state index in [4.69, 9.17) is 0 Å². The predicted molar refractivity (Wildman–Crippen MR) is 87.2 cm³/mol. The topological polar surface area (TPSA) is 61.4 Å². The summed E-state index contributed by atoms with van der Waals surface area (Å²) in [6.45, 7) is 8.00. The molecule has 2 N–H and O–H groups in total. The maximum atomic E-state index is 12.2. The van der Waals surface area contributed by atoms with Crippen LogP contribution < -0.4 is 10.0 Å². The van der Waals surface area contributed by atoms with Gasteiger partial charge in [-0.25, -0.2) is 13.1 Å². The Morgan fingerprint density at radius 3 is 2.67 bits per heavy atom. The third kappa shape index (κ3) is 5.34. The Labute approximate surface area is 131 Å². The third-order valence-electron chi connectivity index (χ3n) is 3.70. The summed E-state index contributed by atoms with van der Waals surface area (Å²) in [5.74, 6) is 0.